The lowest BCUT2D eigenvalue weighted by Crippen LogP contribution is -2.09. The smallest absolute Gasteiger partial charge is 0.311 e. The summed E-state index contributed by atoms with van der Waals surface area (Å²) < 4.78 is 5.52. The van der Waals surface area contributed by atoms with Crippen LogP contribution in [0.5, 0.6) is 5.75 Å². The lowest BCUT2D eigenvalue weighted by Gasteiger charge is -2.24. The van der Waals surface area contributed by atoms with Crippen molar-refractivity contribution >= 4 is 22.3 Å². The molecule has 0 amide bonds. The molecule has 1 aliphatic carbocycles. The van der Waals surface area contributed by atoms with E-state index >= 15 is 0 Å². The monoisotopic (exact) mass is 392 g/mol. The second-order valence-electron chi connectivity index (χ2n) is 8.77. The van der Waals surface area contributed by atoms with Crippen molar-refractivity contribution in [2.45, 2.75) is 78.6 Å². The summed E-state index contributed by atoms with van der Waals surface area (Å²) in [5.41, 5.74) is 2.82. The van der Waals surface area contributed by atoms with Gasteiger partial charge in [-0.05, 0) is 84.0 Å². The van der Waals surface area contributed by atoms with Crippen LogP contribution in [0.25, 0.3) is 16.3 Å². The molecule has 156 valence electrons. The minimum atomic E-state index is -0.131. The third kappa shape index (κ3) is 6.19. The summed E-state index contributed by atoms with van der Waals surface area (Å²) in [5.74, 6) is 2.21. The summed E-state index contributed by atoms with van der Waals surface area (Å²) in [4.78, 5) is 12.0. The van der Waals surface area contributed by atoms with E-state index in [1.165, 1.54) is 48.6 Å². The van der Waals surface area contributed by atoms with E-state index in [-0.39, 0.29) is 5.97 Å². The van der Waals surface area contributed by atoms with Crippen LogP contribution in [0.2, 0.25) is 0 Å². The molecule has 1 aliphatic rings. The van der Waals surface area contributed by atoms with Gasteiger partial charge in [-0.25, -0.2) is 0 Å². The minimum absolute atomic E-state index is 0.131. The maximum Gasteiger partial charge on any atom is 0.311 e. The van der Waals surface area contributed by atoms with Crippen molar-refractivity contribution in [2.24, 2.45) is 11.8 Å². The van der Waals surface area contributed by atoms with E-state index in [9.17, 15) is 4.79 Å². The molecule has 0 fully saturated rings. The summed E-state index contributed by atoms with van der Waals surface area (Å²) in [7, 11) is 0. The van der Waals surface area contributed by atoms with Gasteiger partial charge in [-0.1, -0.05) is 64.3 Å². The van der Waals surface area contributed by atoms with Gasteiger partial charge in [-0.2, -0.15) is 0 Å². The normalized spacial score (nSPS) is 17.8. The molecule has 0 spiro atoms. The van der Waals surface area contributed by atoms with Gasteiger partial charge in [0.2, 0.25) is 0 Å². The van der Waals surface area contributed by atoms with Gasteiger partial charge in [-0.15, -0.1) is 0 Å². The van der Waals surface area contributed by atoms with Crippen molar-refractivity contribution in [1.29, 1.82) is 0 Å². The first-order valence-corrected chi connectivity index (χ1v) is 11.5. The first-order chi connectivity index (χ1) is 14.1. The Bertz CT molecular complexity index is 849. The molecule has 2 heteroatoms. The van der Waals surface area contributed by atoms with E-state index in [1.54, 1.807) is 0 Å². The molecule has 3 rings (SSSR count). The van der Waals surface area contributed by atoms with E-state index in [4.69, 9.17) is 4.74 Å². The number of unbranched alkanes of at least 4 members (excludes halogenated alkanes) is 2. The zero-order valence-electron chi connectivity index (χ0n) is 18.4. The Morgan fingerprint density at radius 1 is 1.10 bits per heavy atom. The van der Waals surface area contributed by atoms with E-state index in [0.717, 1.165) is 36.5 Å². The standard InChI is InChI=1S/C27H36O2/c1-4-6-7-8-27(28)29-26-16-15-24-18-23(13-14-25(24)19-26)22-11-9-21(10-12-22)17-20(3)5-2/h11,13-16,18-21H,4-10,12,17H2,1-3H3. The maximum atomic E-state index is 12.0. The molecule has 0 aliphatic heterocycles. The van der Waals surface area contributed by atoms with Crippen LogP contribution in [-0.2, 0) is 4.79 Å². The molecule has 2 aromatic carbocycles. The van der Waals surface area contributed by atoms with Crippen LogP contribution in [0.4, 0.5) is 0 Å². The molecular weight excluding hydrogens is 356 g/mol. The highest BCUT2D eigenvalue weighted by Gasteiger charge is 2.17. The molecule has 2 unspecified atom stereocenters. The molecule has 2 atom stereocenters. The maximum absolute atomic E-state index is 12.0. The zero-order chi connectivity index (χ0) is 20.6. The summed E-state index contributed by atoms with van der Waals surface area (Å²) in [6, 6.07) is 12.6. The van der Waals surface area contributed by atoms with E-state index in [1.807, 2.05) is 12.1 Å². The van der Waals surface area contributed by atoms with E-state index in [0.29, 0.717) is 12.2 Å². The van der Waals surface area contributed by atoms with Crippen molar-refractivity contribution in [3.8, 4) is 5.75 Å². The predicted octanol–water partition coefficient (Wildman–Crippen LogP) is 7.95. The number of ether oxygens (including phenoxy) is 1. The Kier molecular flexibility index (Phi) is 7.91. The SMILES string of the molecule is CCCCCC(=O)Oc1ccc2cc(C3=CCC(CC(C)CC)CC3)ccc2c1. The number of benzene rings is 2. The first-order valence-electron chi connectivity index (χ1n) is 11.5. The fourth-order valence-electron chi connectivity index (χ4n) is 4.29. The number of esters is 1. The Hall–Kier alpha value is -2.09. The van der Waals surface area contributed by atoms with E-state index in [2.05, 4.69) is 51.1 Å². The first kappa shape index (κ1) is 21.6. The average Bonchev–Trinajstić information content (AvgIpc) is 2.74. The molecule has 0 saturated heterocycles. The number of allylic oxidation sites excluding steroid dienone is 2. The molecule has 0 aromatic heterocycles. The van der Waals surface area contributed by atoms with E-state index < -0.39 is 0 Å². The quantitative estimate of drug-likeness (QED) is 0.246. The van der Waals surface area contributed by atoms with Gasteiger partial charge in [0.1, 0.15) is 5.75 Å². The zero-order valence-corrected chi connectivity index (χ0v) is 18.4. The van der Waals surface area contributed by atoms with Crippen molar-refractivity contribution < 1.29 is 9.53 Å². The third-order valence-electron chi connectivity index (χ3n) is 6.35. The second kappa shape index (κ2) is 10.6. The highest BCUT2D eigenvalue weighted by Crippen LogP contribution is 2.35. The van der Waals surface area contributed by atoms with Crippen molar-refractivity contribution in [3.63, 3.8) is 0 Å². The summed E-state index contributed by atoms with van der Waals surface area (Å²) in [6.45, 7) is 6.81. The molecule has 2 aromatic rings. The van der Waals surface area contributed by atoms with Crippen LogP contribution in [0.3, 0.4) is 0 Å². The highest BCUT2D eigenvalue weighted by atomic mass is 16.5. The lowest BCUT2D eigenvalue weighted by atomic mass is 9.81. The summed E-state index contributed by atoms with van der Waals surface area (Å²) >= 11 is 0. The van der Waals surface area contributed by atoms with Crippen LogP contribution < -0.4 is 4.74 Å². The third-order valence-corrected chi connectivity index (χ3v) is 6.35. The number of hydrogen-bond acceptors (Lipinski definition) is 2. The number of carbonyl (C=O) groups excluding carboxylic acids is 1. The van der Waals surface area contributed by atoms with Crippen LogP contribution >= 0.6 is 0 Å². The molecule has 0 radical (unpaired) electrons. The Morgan fingerprint density at radius 2 is 1.90 bits per heavy atom. The molecule has 0 heterocycles. The van der Waals surface area contributed by atoms with Gasteiger partial charge in [0, 0.05) is 6.42 Å². The largest absolute Gasteiger partial charge is 0.427 e. The van der Waals surface area contributed by atoms with Crippen LogP contribution in [0.15, 0.2) is 42.5 Å². The number of carbonyl (C=O) groups is 1. The number of rotatable bonds is 9. The van der Waals surface area contributed by atoms with Gasteiger partial charge < -0.3 is 4.74 Å². The van der Waals surface area contributed by atoms with Crippen molar-refractivity contribution in [3.05, 3.63) is 48.0 Å². The lowest BCUT2D eigenvalue weighted by molar-refractivity contribution is -0.134. The topological polar surface area (TPSA) is 26.3 Å². The van der Waals surface area contributed by atoms with Crippen molar-refractivity contribution in [2.75, 3.05) is 0 Å². The van der Waals surface area contributed by atoms with Gasteiger partial charge in [0.05, 0.1) is 0 Å². The van der Waals surface area contributed by atoms with Crippen LogP contribution in [-0.4, -0.2) is 5.97 Å². The fourth-order valence-corrected chi connectivity index (χ4v) is 4.29. The van der Waals surface area contributed by atoms with Gasteiger partial charge in [0.25, 0.3) is 0 Å². The molecule has 0 bridgehead atoms. The highest BCUT2D eigenvalue weighted by molar-refractivity contribution is 5.88. The number of fused-ring (bicyclic) bond motifs is 1. The molecule has 29 heavy (non-hydrogen) atoms. The summed E-state index contributed by atoms with van der Waals surface area (Å²) in [5, 5.41) is 2.33. The minimum Gasteiger partial charge on any atom is -0.427 e. The second-order valence-corrected chi connectivity index (χ2v) is 8.77. The van der Waals surface area contributed by atoms with Gasteiger partial charge >= 0.3 is 5.97 Å². The van der Waals surface area contributed by atoms with Crippen molar-refractivity contribution in [1.82, 2.24) is 0 Å². The van der Waals surface area contributed by atoms with Gasteiger partial charge in [-0.3, -0.25) is 4.79 Å². The predicted molar refractivity (Wildman–Crippen MR) is 123 cm³/mol. The fraction of sp³-hybridized carbons (Fsp3) is 0.519. The average molecular weight is 393 g/mol. The summed E-state index contributed by atoms with van der Waals surface area (Å²) in [6.07, 6.45) is 12.4. The molecule has 0 N–H and O–H groups in total. The Balaban J connectivity index is 1.64. The molecular formula is C27H36O2. The van der Waals surface area contributed by atoms with Gasteiger partial charge in [0.15, 0.2) is 0 Å². The number of hydrogen-bond donors (Lipinski definition) is 0. The Labute approximate surface area is 176 Å². The molecule has 2 nitrogen and oxygen atoms in total. The molecule has 0 saturated carbocycles. The van der Waals surface area contributed by atoms with Crippen LogP contribution in [0, 0.1) is 11.8 Å². The Morgan fingerprint density at radius 3 is 2.62 bits per heavy atom. The van der Waals surface area contributed by atoms with Crippen LogP contribution in [0.1, 0.15) is 84.1 Å².